The van der Waals surface area contributed by atoms with E-state index in [9.17, 15) is 8.42 Å². The fraction of sp³-hybridized carbons (Fsp3) is 0.429. The highest BCUT2D eigenvalue weighted by Gasteiger charge is 2.24. The third kappa shape index (κ3) is 2.82. The van der Waals surface area contributed by atoms with Gasteiger partial charge in [-0.1, -0.05) is 29.3 Å². The molecule has 0 aliphatic carbocycles. The Kier molecular flexibility index (Phi) is 3.88. The van der Waals surface area contributed by atoms with Crippen molar-refractivity contribution >= 4 is 10.0 Å². The molecule has 2 rings (SSSR count). The van der Waals surface area contributed by atoms with Crippen molar-refractivity contribution < 1.29 is 8.42 Å². The lowest BCUT2D eigenvalue weighted by Gasteiger charge is -2.20. The molecule has 0 unspecified atom stereocenters. The van der Waals surface area contributed by atoms with E-state index in [4.69, 9.17) is 0 Å². The zero-order valence-electron chi connectivity index (χ0n) is 10.9. The van der Waals surface area contributed by atoms with Crippen LogP contribution in [0.1, 0.15) is 25.3 Å². The smallest absolute Gasteiger partial charge is 0.207 e. The zero-order valence-corrected chi connectivity index (χ0v) is 11.7. The van der Waals surface area contributed by atoms with Crippen molar-refractivity contribution in [2.75, 3.05) is 13.1 Å². The highest BCUT2D eigenvalue weighted by atomic mass is 32.2. The average molecular weight is 265 g/mol. The van der Waals surface area contributed by atoms with Gasteiger partial charge in [-0.25, -0.2) is 8.42 Å². The van der Waals surface area contributed by atoms with Crippen molar-refractivity contribution in [2.45, 2.75) is 31.6 Å². The van der Waals surface area contributed by atoms with Gasteiger partial charge in [0.05, 0.1) is 4.90 Å². The van der Waals surface area contributed by atoms with Crippen LogP contribution in [0, 0.1) is 6.92 Å². The molecular formula is C14H19NO2S. The van der Waals surface area contributed by atoms with E-state index in [2.05, 4.69) is 6.08 Å². The number of allylic oxidation sites excluding steroid dienone is 1. The van der Waals surface area contributed by atoms with Crippen LogP contribution < -0.4 is 0 Å². The summed E-state index contributed by atoms with van der Waals surface area (Å²) < 4.78 is 26.6. The molecule has 1 aliphatic rings. The summed E-state index contributed by atoms with van der Waals surface area (Å²) in [6.07, 6.45) is 3.98. The Hall–Kier alpha value is -1.13. The maximum Gasteiger partial charge on any atom is 0.243 e. The second-order valence-corrected chi connectivity index (χ2v) is 6.78. The molecule has 0 radical (unpaired) electrons. The van der Waals surface area contributed by atoms with E-state index in [1.54, 1.807) is 16.4 Å². The number of aryl methyl sites for hydroxylation is 1. The van der Waals surface area contributed by atoms with E-state index in [1.165, 1.54) is 0 Å². The summed E-state index contributed by atoms with van der Waals surface area (Å²) in [6, 6.07) is 7.06. The van der Waals surface area contributed by atoms with E-state index in [0.29, 0.717) is 18.0 Å². The van der Waals surface area contributed by atoms with Crippen LogP contribution in [0.2, 0.25) is 0 Å². The minimum absolute atomic E-state index is 0.391. The standard InChI is InChI=1S/C14H19NO2S/c1-12-6-8-14(9-7-12)18(16,17)15-10-4-3-5-13(2)11-15/h5-9H,3-4,10-11H2,1-2H3. The van der Waals surface area contributed by atoms with Crippen LogP contribution in [-0.2, 0) is 10.0 Å². The minimum atomic E-state index is -3.34. The summed E-state index contributed by atoms with van der Waals surface area (Å²) in [6.45, 7) is 5.05. The van der Waals surface area contributed by atoms with Crippen molar-refractivity contribution in [1.82, 2.24) is 4.31 Å². The van der Waals surface area contributed by atoms with Gasteiger partial charge in [0.15, 0.2) is 0 Å². The van der Waals surface area contributed by atoms with Gasteiger partial charge in [-0.3, -0.25) is 0 Å². The monoisotopic (exact) mass is 265 g/mol. The first-order chi connectivity index (χ1) is 8.50. The number of benzene rings is 1. The van der Waals surface area contributed by atoms with Gasteiger partial charge in [0.1, 0.15) is 0 Å². The van der Waals surface area contributed by atoms with Gasteiger partial charge in [-0.05, 0) is 38.8 Å². The Bertz CT molecular complexity index is 544. The average Bonchev–Trinajstić information content (AvgIpc) is 2.55. The second-order valence-electron chi connectivity index (χ2n) is 4.84. The summed E-state index contributed by atoms with van der Waals surface area (Å²) in [5, 5.41) is 0. The summed E-state index contributed by atoms with van der Waals surface area (Å²) in [4.78, 5) is 0.391. The van der Waals surface area contributed by atoms with Gasteiger partial charge >= 0.3 is 0 Å². The van der Waals surface area contributed by atoms with Gasteiger partial charge in [-0.15, -0.1) is 0 Å². The largest absolute Gasteiger partial charge is 0.243 e. The first kappa shape index (κ1) is 13.3. The maximum atomic E-state index is 12.5. The van der Waals surface area contributed by atoms with Crippen LogP contribution in [0.4, 0.5) is 0 Å². The predicted octanol–water partition coefficient (Wildman–Crippen LogP) is 2.73. The summed E-state index contributed by atoms with van der Waals surface area (Å²) >= 11 is 0. The Labute approximate surface area is 109 Å². The highest BCUT2D eigenvalue weighted by molar-refractivity contribution is 7.89. The molecule has 98 valence electrons. The normalized spacial score (nSPS) is 18.2. The molecule has 0 N–H and O–H groups in total. The maximum absolute atomic E-state index is 12.5. The van der Waals surface area contributed by atoms with Crippen molar-refractivity contribution in [3.63, 3.8) is 0 Å². The van der Waals surface area contributed by atoms with Crippen LogP contribution in [0.15, 0.2) is 40.8 Å². The molecular weight excluding hydrogens is 246 g/mol. The van der Waals surface area contributed by atoms with Crippen LogP contribution >= 0.6 is 0 Å². The third-order valence-corrected chi connectivity index (χ3v) is 5.05. The van der Waals surface area contributed by atoms with Gasteiger partial charge in [-0.2, -0.15) is 4.31 Å². The number of nitrogens with zero attached hydrogens (tertiary/aromatic N) is 1. The quantitative estimate of drug-likeness (QED) is 0.771. The number of sulfonamides is 1. The third-order valence-electron chi connectivity index (χ3n) is 3.19. The minimum Gasteiger partial charge on any atom is -0.207 e. The molecule has 1 aromatic rings. The van der Waals surface area contributed by atoms with Gasteiger partial charge in [0.25, 0.3) is 0 Å². The van der Waals surface area contributed by atoms with Crippen molar-refractivity contribution in [2.24, 2.45) is 0 Å². The van der Waals surface area contributed by atoms with E-state index in [0.717, 1.165) is 24.0 Å². The van der Waals surface area contributed by atoms with E-state index in [-0.39, 0.29) is 0 Å². The predicted molar refractivity (Wildman–Crippen MR) is 72.9 cm³/mol. The molecule has 0 spiro atoms. The van der Waals surface area contributed by atoms with Gasteiger partial charge < -0.3 is 0 Å². The summed E-state index contributed by atoms with van der Waals surface area (Å²) in [5.41, 5.74) is 2.20. The molecule has 1 aliphatic heterocycles. The molecule has 0 atom stereocenters. The Morgan fingerprint density at radius 1 is 1.11 bits per heavy atom. The lowest BCUT2D eigenvalue weighted by molar-refractivity contribution is 0.437. The summed E-state index contributed by atoms with van der Waals surface area (Å²) in [7, 11) is -3.34. The van der Waals surface area contributed by atoms with E-state index < -0.39 is 10.0 Å². The lowest BCUT2D eigenvalue weighted by atomic mass is 10.2. The van der Waals surface area contributed by atoms with Crippen molar-refractivity contribution in [1.29, 1.82) is 0 Å². The Morgan fingerprint density at radius 2 is 1.78 bits per heavy atom. The molecule has 3 nitrogen and oxygen atoms in total. The molecule has 0 amide bonds. The lowest BCUT2D eigenvalue weighted by Crippen LogP contribution is -2.32. The molecule has 18 heavy (non-hydrogen) atoms. The Balaban J connectivity index is 2.30. The molecule has 1 heterocycles. The van der Waals surface area contributed by atoms with E-state index in [1.807, 2.05) is 26.0 Å². The molecule has 0 bridgehead atoms. The van der Waals surface area contributed by atoms with Crippen LogP contribution in [0.3, 0.4) is 0 Å². The molecule has 1 aromatic carbocycles. The first-order valence-corrected chi connectivity index (χ1v) is 7.66. The fourth-order valence-corrected chi connectivity index (χ4v) is 3.62. The van der Waals surface area contributed by atoms with Crippen molar-refractivity contribution in [3.8, 4) is 0 Å². The zero-order chi connectivity index (χ0) is 13.2. The highest BCUT2D eigenvalue weighted by Crippen LogP contribution is 2.20. The van der Waals surface area contributed by atoms with Crippen LogP contribution in [0.5, 0.6) is 0 Å². The second kappa shape index (κ2) is 5.24. The van der Waals surface area contributed by atoms with Crippen LogP contribution in [-0.4, -0.2) is 25.8 Å². The molecule has 0 aromatic heterocycles. The Morgan fingerprint density at radius 3 is 2.44 bits per heavy atom. The molecule has 0 saturated heterocycles. The topological polar surface area (TPSA) is 37.4 Å². The van der Waals surface area contributed by atoms with Gasteiger partial charge in [0, 0.05) is 13.1 Å². The molecule has 4 heteroatoms. The number of hydrogen-bond acceptors (Lipinski definition) is 2. The summed E-state index contributed by atoms with van der Waals surface area (Å²) in [5.74, 6) is 0. The molecule has 0 saturated carbocycles. The van der Waals surface area contributed by atoms with E-state index >= 15 is 0 Å². The fourth-order valence-electron chi connectivity index (χ4n) is 2.10. The van der Waals surface area contributed by atoms with Gasteiger partial charge in [0.2, 0.25) is 10.0 Å². The molecule has 0 fully saturated rings. The SMILES string of the molecule is CC1=CCCCN(S(=O)(=O)c2ccc(C)cc2)C1. The number of hydrogen-bond donors (Lipinski definition) is 0. The number of rotatable bonds is 2. The van der Waals surface area contributed by atoms with Crippen molar-refractivity contribution in [3.05, 3.63) is 41.5 Å². The van der Waals surface area contributed by atoms with Crippen LogP contribution in [0.25, 0.3) is 0 Å². The first-order valence-electron chi connectivity index (χ1n) is 6.22.